The van der Waals surface area contributed by atoms with Crippen LogP contribution in [-0.4, -0.2) is 135 Å². The van der Waals surface area contributed by atoms with Crippen molar-refractivity contribution in [1.29, 1.82) is 0 Å². The highest BCUT2D eigenvalue weighted by molar-refractivity contribution is 6.32. The first-order chi connectivity index (χ1) is 58.9. The number of aryl methyl sites for hydroxylation is 1. The largest absolute Gasteiger partial charge is 0.508 e. The molecule has 0 spiro atoms. The molecule has 0 saturated carbocycles. The number of ether oxygens (including phenoxy) is 1. The third kappa shape index (κ3) is 25.4. The maximum absolute atomic E-state index is 11.9. The van der Waals surface area contributed by atoms with Crippen molar-refractivity contribution >= 4 is 154 Å². The number of aliphatic imine (C=N–C) groups is 6. The van der Waals surface area contributed by atoms with Gasteiger partial charge >= 0.3 is 0 Å². The topological polar surface area (TPSA) is 478 Å². The second-order valence-electron chi connectivity index (χ2n) is 26.7. The number of halogens is 5. The SMILES string of the molecule is COc1ccc(C=Nc2n[nH]c(Cc3ccc(Cl)cc3)c2C(N)=O)cc1.Cc1cc(C=Nc2n[nH]c(Cc3ccc(Cl)cc3)c2C(N)=O)ccc1O.NC(=O)c1c(N=CC2=CCC=N2)n[nH]c1Cc1cccc(Cl)c1.NC(=O)c1c(N=Cc2ccc[nH]2)n[nH]c1Cc1ccc(Cl)cc1.NC(=O)c1c(N=Cc2ccccc2)n[nH]c1Cc1ccc(Cl)cc1. The number of aromatic hydroxyl groups is 1. The number of methoxy groups -OCH3 is 1. The van der Waals surface area contributed by atoms with Crippen LogP contribution in [0.4, 0.5) is 29.1 Å². The van der Waals surface area contributed by atoms with E-state index in [0.29, 0.717) is 96.8 Å². The highest BCUT2D eigenvalue weighted by Crippen LogP contribution is 2.30. The zero-order chi connectivity index (χ0) is 86.6. The van der Waals surface area contributed by atoms with Crippen LogP contribution in [0.5, 0.6) is 11.5 Å². The number of allylic oxidation sites excluding steroid dienone is 2. The van der Waals surface area contributed by atoms with Crippen molar-refractivity contribution in [2.24, 2.45) is 58.6 Å². The van der Waals surface area contributed by atoms with E-state index in [-0.39, 0.29) is 51.5 Å². The predicted molar refractivity (Wildman–Crippen MR) is 478 cm³/mol. The van der Waals surface area contributed by atoms with Crippen LogP contribution >= 0.6 is 58.0 Å². The summed E-state index contributed by atoms with van der Waals surface area (Å²) < 4.78 is 5.12. The molecule has 29 nitrogen and oxygen atoms in total. The number of hydrogen-bond acceptors (Lipinski definition) is 18. The van der Waals surface area contributed by atoms with Gasteiger partial charge in [0.2, 0.25) is 0 Å². The Labute approximate surface area is 723 Å². The second kappa shape index (κ2) is 43.1. The van der Waals surface area contributed by atoms with E-state index in [9.17, 15) is 29.1 Å². The summed E-state index contributed by atoms with van der Waals surface area (Å²) in [5, 5.41) is 47.6. The van der Waals surface area contributed by atoms with Gasteiger partial charge < -0.3 is 43.5 Å². The molecule has 7 heterocycles. The van der Waals surface area contributed by atoms with E-state index in [2.05, 4.69) is 85.9 Å². The number of carbonyl (C=O) groups is 5. The summed E-state index contributed by atoms with van der Waals surface area (Å²) in [5.74, 6) is -0.606. The van der Waals surface area contributed by atoms with Gasteiger partial charge in [0.15, 0.2) is 29.1 Å². The fraction of sp³-hybridized carbons (Fsp3) is 0.0909. The molecule has 17 N–H and O–H groups in total. The molecule has 14 aromatic rings. The number of rotatable bonds is 26. The minimum absolute atomic E-state index is 0.213. The Kier molecular flexibility index (Phi) is 31.1. The molecule has 1 aliphatic heterocycles. The quantitative estimate of drug-likeness (QED) is 0.0225. The molecule has 6 aromatic heterocycles. The van der Waals surface area contributed by atoms with E-state index in [1.165, 1.54) is 0 Å². The van der Waals surface area contributed by atoms with Crippen molar-refractivity contribution in [1.82, 2.24) is 56.0 Å². The molecule has 0 saturated heterocycles. The lowest BCUT2D eigenvalue weighted by Crippen LogP contribution is -2.13. The lowest BCUT2D eigenvalue weighted by molar-refractivity contribution is 0.0991. The summed E-state index contributed by atoms with van der Waals surface area (Å²) in [6.45, 7) is 1.79. The Bertz CT molecular complexity index is 6190. The standard InChI is InChI=1S/2C19H17ClN4O2.C18H15ClN4O.2C16H14ClN5O/c1-26-15-8-4-13(5-9-15)11-22-19-17(18(21)25)16(23-24-19)10-12-2-6-14(20)7-3-12;1-11-8-13(4-7-16(11)25)10-22-19-17(18(21)26)15(23-24-19)9-12-2-5-14(20)6-3-12;19-14-8-6-12(7-9-14)10-15-16(17(20)24)18(23-22-15)21-11-13-4-2-1-3-5-13;17-11-4-1-3-10(7-11)8-13-14(15(18)23)16(22-21-13)20-9-12-5-2-6-19-12;17-11-5-3-10(4-6-11)8-13-14(15(18)23)16(22-21-13)20-9-12-2-1-7-19-12/h2-9,11H,10H2,1H3,(H2,21,25)(H,23,24);2-8,10,25H,9H2,1H3,(H2,21,26)(H,23,24);1-9,11H,10H2,(H2,20,24)(H,22,23);1,3-7,9H,2,8H2,(H2,18,23)(H,21,22);1-7,9,19H,8H2,(H2,18,23)(H,21,22). The number of hydrogen-bond donors (Lipinski definition) is 12. The number of amides is 5. The van der Waals surface area contributed by atoms with Gasteiger partial charge in [-0.3, -0.25) is 54.5 Å². The van der Waals surface area contributed by atoms with Gasteiger partial charge in [-0.05, 0) is 172 Å². The van der Waals surface area contributed by atoms with E-state index >= 15 is 0 Å². The maximum Gasteiger partial charge on any atom is 0.254 e. The molecule has 122 heavy (non-hydrogen) atoms. The van der Waals surface area contributed by atoms with Gasteiger partial charge in [-0.15, -0.1) is 0 Å². The number of primary amides is 5. The first-order valence-corrected chi connectivity index (χ1v) is 38.9. The number of phenols is 1. The normalized spacial score (nSPS) is 11.6. The van der Waals surface area contributed by atoms with Crippen LogP contribution in [0.2, 0.25) is 25.1 Å². The second-order valence-corrected chi connectivity index (χ2v) is 28.8. The molecule has 8 aromatic carbocycles. The first-order valence-electron chi connectivity index (χ1n) is 37.0. The fourth-order valence-corrected chi connectivity index (χ4v) is 12.6. The summed E-state index contributed by atoms with van der Waals surface area (Å²) in [7, 11) is 1.61. The first kappa shape index (κ1) is 88.1. The number of carbonyl (C=O) groups excluding carboxylic acids is 5. The molecule has 15 rings (SSSR count). The highest BCUT2D eigenvalue weighted by Gasteiger charge is 2.24. The molecule has 0 fully saturated rings. The van der Waals surface area contributed by atoms with Crippen LogP contribution in [0, 0.1) is 6.92 Å². The summed E-state index contributed by atoms with van der Waals surface area (Å²) in [6, 6.07) is 62.5. The van der Waals surface area contributed by atoms with Crippen LogP contribution < -0.4 is 33.4 Å². The van der Waals surface area contributed by atoms with Crippen LogP contribution in [0.15, 0.2) is 254 Å². The summed E-state index contributed by atoms with van der Waals surface area (Å²) in [5.41, 5.74) is 41.7. The Balaban J connectivity index is 0.000000149. The predicted octanol–water partition coefficient (Wildman–Crippen LogP) is 16.2. The van der Waals surface area contributed by atoms with Crippen LogP contribution in [0.1, 0.15) is 142 Å². The Morgan fingerprint density at radius 2 is 0.754 bits per heavy atom. The van der Waals surface area contributed by atoms with E-state index in [1.807, 2.05) is 140 Å². The number of benzene rings is 8. The lowest BCUT2D eigenvalue weighted by Gasteiger charge is -2.02. The van der Waals surface area contributed by atoms with Crippen LogP contribution in [0.3, 0.4) is 0 Å². The molecule has 0 aliphatic carbocycles. The molecule has 0 radical (unpaired) electrons. The molecular formula is C88H77Cl5N22O7. The molecule has 616 valence electrons. The Hall–Kier alpha value is -14.8. The number of nitrogens with zero attached hydrogens (tertiary/aromatic N) is 11. The van der Waals surface area contributed by atoms with E-state index in [0.717, 1.165) is 73.6 Å². The highest BCUT2D eigenvalue weighted by atomic mass is 35.5. The van der Waals surface area contributed by atoms with Gasteiger partial charge in [-0.1, -0.05) is 155 Å². The van der Waals surface area contributed by atoms with Gasteiger partial charge in [0, 0.05) is 94.7 Å². The van der Waals surface area contributed by atoms with Gasteiger partial charge in [0.25, 0.3) is 29.5 Å². The number of nitrogens with two attached hydrogens (primary N) is 5. The van der Waals surface area contributed by atoms with Crippen molar-refractivity contribution in [2.75, 3.05) is 7.11 Å². The molecular weight excluding hydrogens is 1650 g/mol. The number of phenolic OH excluding ortho intramolecular Hbond substituents is 1. The minimum atomic E-state index is -0.600. The molecule has 5 amide bonds. The molecule has 34 heteroatoms. The zero-order valence-corrected chi connectivity index (χ0v) is 68.9. The summed E-state index contributed by atoms with van der Waals surface area (Å²) in [4.78, 5) is 87.6. The van der Waals surface area contributed by atoms with E-state index in [4.69, 9.17) is 91.4 Å². The van der Waals surface area contributed by atoms with Gasteiger partial charge in [-0.25, -0.2) is 25.0 Å². The van der Waals surface area contributed by atoms with E-state index < -0.39 is 29.5 Å². The lowest BCUT2D eigenvalue weighted by atomic mass is 10.1. The summed E-state index contributed by atoms with van der Waals surface area (Å²) >= 11 is 29.5. The monoisotopic (exact) mass is 1730 g/mol. The van der Waals surface area contributed by atoms with Gasteiger partial charge in [0.05, 0.1) is 59.4 Å². The van der Waals surface area contributed by atoms with Crippen LogP contribution in [-0.2, 0) is 32.1 Å². The molecule has 0 bridgehead atoms. The van der Waals surface area contributed by atoms with Crippen molar-refractivity contribution in [3.05, 3.63) is 361 Å². The minimum Gasteiger partial charge on any atom is -0.508 e. The molecule has 1 aliphatic rings. The third-order valence-corrected chi connectivity index (χ3v) is 19.1. The average Bonchev–Trinajstić information content (AvgIpc) is 1.70. The van der Waals surface area contributed by atoms with Crippen molar-refractivity contribution in [3.63, 3.8) is 0 Å². The number of aromatic nitrogens is 11. The number of aromatic amines is 6. The van der Waals surface area contributed by atoms with Gasteiger partial charge in [0.1, 0.15) is 39.3 Å². The van der Waals surface area contributed by atoms with Crippen LogP contribution in [0.25, 0.3) is 0 Å². The maximum atomic E-state index is 11.9. The van der Waals surface area contributed by atoms with E-state index in [1.54, 1.807) is 130 Å². The van der Waals surface area contributed by atoms with Gasteiger partial charge in [-0.2, -0.15) is 25.5 Å². The molecule has 0 atom stereocenters. The summed E-state index contributed by atoms with van der Waals surface area (Å²) in [6.07, 6.45) is 16.6. The Morgan fingerprint density at radius 1 is 0.393 bits per heavy atom. The fourth-order valence-electron chi connectivity index (χ4n) is 11.9. The average molecular weight is 1730 g/mol. The zero-order valence-electron chi connectivity index (χ0n) is 65.1. The number of H-pyrrole nitrogens is 6. The smallest absolute Gasteiger partial charge is 0.254 e. The van der Waals surface area contributed by atoms with Crippen molar-refractivity contribution in [3.8, 4) is 11.5 Å². The van der Waals surface area contributed by atoms with Crippen molar-refractivity contribution < 1.29 is 33.8 Å². The molecule has 0 unspecified atom stereocenters. The van der Waals surface area contributed by atoms with Crippen molar-refractivity contribution in [2.45, 2.75) is 45.4 Å². The third-order valence-electron chi connectivity index (χ3n) is 17.9. The Morgan fingerprint density at radius 3 is 1.10 bits per heavy atom. The number of nitrogens with one attached hydrogen (secondary N) is 6.